The highest BCUT2D eigenvalue weighted by Crippen LogP contribution is 2.20. The summed E-state index contributed by atoms with van der Waals surface area (Å²) in [7, 11) is 0. The van der Waals surface area contributed by atoms with Gasteiger partial charge < -0.3 is 4.74 Å². The molecule has 22 heavy (non-hydrogen) atoms. The van der Waals surface area contributed by atoms with Gasteiger partial charge in [0.05, 0.1) is 6.21 Å². The lowest BCUT2D eigenvalue weighted by Gasteiger charge is -2.06. The SMILES string of the molecule is Cc1cc(OCC(=O)N/N=C\c2cccc(Br)c2)ccc1Cl. The van der Waals surface area contributed by atoms with Gasteiger partial charge in [0.2, 0.25) is 0 Å². The second-order valence-corrected chi connectivity index (χ2v) is 5.87. The molecule has 0 fully saturated rings. The smallest absolute Gasteiger partial charge is 0.277 e. The molecule has 0 aliphatic carbocycles. The van der Waals surface area contributed by atoms with Crippen LogP contribution >= 0.6 is 27.5 Å². The summed E-state index contributed by atoms with van der Waals surface area (Å²) in [6.07, 6.45) is 1.56. The number of nitrogens with one attached hydrogen (secondary N) is 1. The van der Waals surface area contributed by atoms with Crippen LogP contribution in [-0.4, -0.2) is 18.7 Å². The van der Waals surface area contributed by atoms with Gasteiger partial charge in [0.1, 0.15) is 5.75 Å². The molecule has 0 aliphatic rings. The number of hydrazone groups is 1. The molecule has 2 aromatic rings. The number of hydrogen-bond donors (Lipinski definition) is 1. The van der Waals surface area contributed by atoms with Gasteiger partial charge in [0, 0.05) is 9.50 Å². The van der Waals surface area contributed by atoms with Crippen molar-refractivity contribution in [3.63, 3.8) is 0 Å². The summed E-state index contributed by atoms with van der Waals surface area (Å²) in [4.78, 5) is 11.6. The summed E-state index contributed by atoms with van der Waals surface area (Å²) in [5.41, 5.74) is 4.19. The monoisotopic (exact) mass is 380 g/mol. The number of ether oxygens (including phenoxy) is 1. The molecule has 1 amide bonds. The van der Waals surface area contributed by atoms with Crippen LogP contribution in [0.1, 0.15) is 11.1 Å². The average molecular weight is 382 g/mol. The first-order valence-electron chi connectivity index (χ1n) is 6.51. The fraction of sp³-hybridized carbons (Fsp3) is 0.125. The minimum atomic E-state index is -0.334. The molecule has 0 atom stereocenters. The van der Waals surface area contributed by atoms with Gasteiger partial charge in [0.15, 0.2) is 6.61 Å². The molecule has 6 heteroatoms. The third-order valence-corrected chi connectivity index (χ3v) is 3.67. The number of halogens is 2. The lowest BCUT2D eigenvalue weighted by atomic mass is 10.2. The highest BCUT2D eigenvalue weighted by Gasteiger charge is 2.03. The molecule has 0 aromatic heterocycles. The lowest BCUT2D eigenvalue weighted by molar-refractivity contribution is -0.123. The maximum absolute atomic E-state index is 11.6. The lowest BCUT2D eigenvalue weighted by Crippen LogP contribution is -2.24. The van der Waals surface area contributed by atoms with Crippen LogP contribution in [0, 0.1) is 6.92 Å². The number of carbonyl (C=O) groups is 1. The summed E-state index contributed by atoms with van der Waals surface area (Å²) in [6, 6.07) is 12.8. The molecule has 0 radical (unpaired) electrons. The predicted molar refractivity (Wildman–Crippen MR) is 91.6 cm³/mol. The van der Waals surface area contributed by atoms with Gasteiger partial charge in [-0.1, -0.05) is 39.7 Å². The van der Waals surface area contributed by atoms with Crippen LogP contribution in [0.25, 0.3) is 0 Å². The Balaban J connectivity index is 1.81. The standard InChI is InChI=1S/C16H14BrClN2O2/c1-11-7-14(5-6-15(11)18)22-10-16(21)20-19-9-12-3-2-4-13(17)8-12/h2-9H,10H2,1H3,(H,20,21)/b19-9-. The largest absolute Gasteiger partial charge is 0.484 e. The third-order valence-electron chi connectivity index (χ3n) is 2.75. The maximum atomic E-state index is 11.6. The van der Waals surface area contributed by atoms with Crippen molar-refractivity contribution in [1.82, 2.24) is 5.43 Å². The molecule has 2 rings (SSSR count). The van der Waals surface area contributed by atoms with E-state index in [1.165, 1.54) is 0 Å². The summed E-state index contributed by atoms with van der Waals surface area (Å²) in [5, 5.41) is 4.54. The summed E-state index contributed by atoms with van der Waals surface area (Å²) < 4.78 is 6.32. The Morgan fingerprint density at radius 3 is 2.91 bits per heavy atom. The van der Waals surface area contributed by atoms with Crippen LogP contribution in [0.3, 0.4) is 0 Å². The van der Waals surface area contributed by atoms with E-state index in [0.29, 0.717) is 10.8 Å². The van der Waals surface area contributed by atoms with E-state index in [2.05, 4.69) is 26.5 Å². The first-order chi connectivity index (χ1) is 10.5. The number of rotatable bonds is 5. The highest BCUT2D eigenvalue weighted by atomic mass is 79.9. The summed E-state index contributed by atoms with van der Waals surface area (Å²) in [6.45, 7) is 1.76. The number of nitrogens with zero attached hydrogens (tertiary/aromatic N) is 1. The van der Waals surface area contributed by atoms with Crippen LogP contribution in [0.15, 0.2) is 52.0 Å². The van der Waals surface area contributed by atoms with E-state index in [-0.39, 0.29) is 12.5 Å². The molecule has 1 N–H and O–H groups in total. The Morgan fingerprint density at radius 1 is 1.36 bits per heavy atom. The Hall–Kier alpha value is -1.85. The minimum absolute atomic E-state index is 0.114. The topological polar surface area (TPSA) is 50.7 Å². The second-order valence-electron chi connectivity index (χ2n) is 4.55. The van der Waals surface area contributed by atoms with E-state index in [9.17, 15) is 4.79 Å². The molecule has 2 aromatic carbocycles. The van der Waals surface area contributed by atoms with Crippen molar-refractivity contribution in [1.29, 1.82) is 0 Å². The van der Waals surface area contributed by atoms with Crippen molar-refractivity contribution < 1.29 is 9.53 Å². The first kappa shape index (κ1) is 16.5. The van der Waals surface area contributed by atoms with Crippen molar-refractivity contribution in [2.45, 2.75) is 6.92 Å². The summed E-state index contributed by atoms with van der Waals surface area (Å²) >= 11 is 9.29. The van der Waals surface area contributed by atoms with Crippen molar-refractivity contribution in [3.05, 3.63) is 63.1 Å². The van der Waals surface area contributed by atoms with Crippen molar-refractivity contribution in [2.75, 3.05) is 6.61 Å². The molecular formula is C16H14BrClN2O2. The van der Waals surface area contributed by atoms with Gasteiger partial charge >= 0.3 is 0 Å². The molecule has 0 saturated heterocycles. The Kier molecular flexibility index (Phi) is 5.98. The van der Waals surface area contributed by atoms with E-state index in [1.807, 2.05) is 31.2 Å². The number of benzene rings is 2. The fourth-order valence-electron chi connectivity index (χ4n) is 1.65. The van der Waals surface area contributed by atoms with Gasteiger partial charge in [-0.2, -0.15) is 5.10 Å². The molecule has 114 valence electrons. The minimum Gasteiger partial charge on any atom is -0.484 e. The molecule has 0 spiro atoms. The zero-order valence-electron chi connectivity index (χ0n) is 11.8. The van der Waals surface area contributed by atoms with Crippen LogP contribution < -0.4 is 10.2 Å². The summed E-state index contributed by atoms with van der Waals surface area (Å²) in [5.74, 6) is 0.256. The zero-order chi connectivity index (χ0) is 15.9. The van der Waals surface area contributed by atoms with E-state index in [1.54, 1.807) is 24.4 Å². The van der Waals surface area contributed by atoms with Gasteiger partial charge in [0.25, 0.3) is 5.91 Å². The number of amides is 1. The number of hydrogen-bond acceptors (Lipinski definition) is 3. The van der Waals surface area contributed by atoms with E-state index < -0.39 is 0 Å². The number of carbonyl (C=O) groups excluding carboxylic acids is 1. The van der Waals surface area contributed by atoms with Crippen LogP contribution in [0.4, 0.5) is 0 Å². The van der Waals surface area contributed by atoms with E-state index in [4.69, 9.17) is 16.3 Å². The van der Waals surface area contributed by atoms with Gasteiger partial charge in [-0.15, -0.1) is 0 Å². The number of aryl methyl sites for hydroxylation is 1. The molecule has 4 nitrogen and oxygen atoms in total. The quantitative estimate of drug-likeness (QED) is 0.630. The predicted octanol–water partition coefficient (Wildman–Crippen LogP) is 3.94. The van der Waals surface area contributed by atoms with Crippen molar-refractivity contribution in [2.24, 2.45) is 5.10 Å². The third kappa shape index (κ3) is 5.16. The zero-order valence-corrected chi connectivity index (χ0v) is 14.2. The fourth-order valence-corrected chi connectivity index (χ4v) is 2.19. The molecule has 0 aliphatic heterocycles. The van der Waals surface area contributed by atoms with Crippen LogP contribution in [-0.2, 0) is 4.79 Å². The molecule has 0 heterocycles. The Morgan fingerprint density at radius 2 is 2.18 bits per heavy atom. The van der Waals surface area contributed by atoms with Crippen LogP contribution in [0.5, 0.6) is 5.75 Å². The van der Waals surface area contributed by atoms with Crippen molar-refractivity contribution >= 4 is 39.7 Å². The molecule has 0 unspecified atom stereocenters. The van der Waals surface area contributed by atoms with Crippen LogP contribution in [0.2, 0.25) is 5.02 Å². The molecule has 0 bridgehead atoms. The molecule has 0 saturated carbocycles. The maximum Gasteiger partial charge on any atom is 0.277 e. The van der Waals surface area contributed by atoms with Crippen molar-refractivity contribution in [3.8, 4) is 5.75 Å². The van der Waals surface area contributed by atoms with E-state index in [0.717, 1.165) is 15.6 Å². The molecular weight excluding hydrogens is 368 g/mol. The van der Waals surface area contributed by atoms with Gasteiger partial charge in [-0.3, -0.25) is 4.79 Å². The Bertz CT molecular complexity index is 704. The van der Waals surface area contributed by atoms with E-state index >= 15 is 0 Å². The average Bonchev–Trinajstić information content (AvgIpc) is 2.48. The van der Waals surface area contributed by atoms with Gasteiger partial charge in [-0.25, -0.2) is 5.43 Å². The van der Waals surface area contributed by atoms with Gasteiger partial charge in [-0.05, 0) is 48.4 Å². The Labute approximate surface area is 142 Å². The first-order valence-corrected chi connectivity index (χ1v) is 7.68. The second kappa shape index (κ2) is 7.96. The normalized spacial score (nSPS) is 10.7. The highest BCUT2D eigenvalue weighted by molar-refractivity contribution is 9.10.